The fourth-order valence-electron chi connectivity index (χ4n) is 0.919. The van der Waals surface area contributed by atoms with Gasteiger partial charge in [0, 0.05) is 5.25 Å². The van der Waals surface area contributed by atoms with Gasteiger partial charge >= 0.3 is 0 Å². The highest BCUT2D eigenvalue weighted by Crippen LogP contribution is 2.40. The Hall–Kier alpha value is 0.350. The van der Waals surface area contributed by atoms with Crippen LogP contribution in [0.15, 0.2) is 0 Å². The van der Waals surface area contributed by atoms with E-state index in [2.05, 4.69) is 32.5 Å². The smallest absolute Gasteiger partial charge is 0.0103 e. The molecule has 1 heteroatoms. The molecule has 1 heterocycles. The monoisotopic (exact) mass is 130 g/mol. The quantitative estimate of drug-likeness (QED) is 0.485. The van der Waals surface area contributed by atoms with Gasteiger partial charge in [0.05, 0.1) is 0 Å². The van der Waals surface area contributed by atoms with Gasteiger partial charge in [0.2, 0.25) is 0 Å². The molecular formula is C7H14S. The summed E-state index contributed by atoms with van der Waals surface area (Å²) < 4.78 is 0. The van der Waals surface area contributed by atoms with E-state index >= 15 is 0 Å². The van der Waals surface area contributed by atoms with E-state index in [0.717, 1.165) is 5.25 Å². The second kappa shape index (κ2) is 1.94. The van der Waals surface area contributed by atoms with Crippen molar-refractivity contribution in [2.45, 2.75) is 32.4 Å². The predicted molar refractivity (Wildman–Crippen MR) is 40.3 cm³/mol. The third-order valence-corrected chi connectivity index (χ3v) is 3.48. The fraction of sp³-hybridized carbons (Fsp3) is 1.00. The van der Waals surface area contributed by atoms with Crippen LogP contribution in [0.2, 0.25) is 0 Å². The van der Waals surface area contributed by atoms with E-state index in [1.54, 1.807) is 0 Å². The predicted octanol–water partition coefficient (Wildman–Crippen LogP) is 2.54. The lowest BCUT2D eigenvalue weighted by atomic mass is 9.90. The van der Waals surface area contributed by atoms with Gasteiger partial charge in [0.1, 0.15) is 0 Å². The van der Waals surface area contributed by atoms with Gasteiger partial charge in [-0.15, -0.1) is 0 Å². The maximum Gasteiger partial charge on any atom is 0.0103 e. The third kappa shape index (κ3) is 1.19. The first kappa shape index (κ1) is 6.47. The van der Waals surface area contributed by atoms with Gasteiger partial charge in [0.25, 0.3) is 0 Å². The van der Waals surface area contributed by atoms with Gasteiger partial charge in [-0.3, -0.25) is 0 Å². The summed E-state index contributed by atoms with van der Waals surface area (Å²) >= 11 is 2.11. The Morgan fingerprint density at radius 2 is 1.88 bits per heavy atom. The molecule has 1 rings (SSSR count). The molecule has 1 fully saturated rings. The first-order valence-corrected chi connectivity index (χ1v) is 4.27. The molecule has 1 unspecified atom stereocenters. The van der Waals surface area contributed by atoms with Crippen LogP contribution < -0.4 is 0 Å². The van der Waals surface area contributed by atoms with Crippen LogP contribution in [0.5, 0.6) is 0 Å². The number of thioether (sulfide) groups is 1. The molecule has 0 spiro atoms. The average molecular weight is 130 g/mol. The molecule has 0 nitrogen and oxygen atoms in total. The third-order valence-electron chi connectivity index (χ3n) is 1.67. The maximum atomic E-state index is 2.32. The molecule has 1 atom stereocenters. The lowest BCUT2D eigenvalue weighted by Crippen LogP contribution is -2.30. The van der Waals surface area contributed by atoms with Crippen molar-refractivity contribution >= 4 is 11.8 Å². The highest BCUT2D eigenvalue weighted by Gasteiger charge is 2.30. The summed E-state index contributed by atoms with van der Waals surface area (Å²) in [6, 6.07) is 0. The Kier molecular flexibility index (Phi) is 1.57. The van der Waals surface area contributed by atoms with Crippen molar-refractivity contribution in [3.8, 4) is 0 Å². The molecule has 0 aromatic carbocycles. The van der Waals surface area contributed by atoms with Crippen LogP contribution in [0.25, 0.3) is 0 Å². The van der Waals surface area contributed by atoms with Crippen molar-refractivity contribution < 1.29 is 0 Å². The van der Waals surface area contributed by atoms with E-state index in [1.807, 2.05) is 0 Å². The Morgan fingerprint density at radius 1 is 1.38 bits per heavy atom. The van der Waals surface area contributed by atoms with Gasteiger partial charge in [0.15, 0.2) is 0 Å². The molecule has 1 aliphatic rings. The standard InChI is InChI=1S/C7H14S/c1-7(2,3)6-4-5-8-6/h6H,4-5H2,1-3H3. The summed E-state index contributed by atoms with van der Waals surface area (Å²) in [5.41, 5.74) is 0.558. The fourth-order valence-corrected chi connectivity index (χ4v) is 1.89. The molecule has 1 saturated heterocycles. The molecule has 0 aromatic heterocycles. The molecule has 48 valence electrons. The van der Waals surface area contributed by atoms with Gasteiger partial charge in [-0.2, -0.15) is 11.8 Å². The van der Waals surface area contributed by atoms with Gasteiger partial charge in [-0.1, -0.05) is 20.8 Å². The van der Waals surface area contributed by atoms with E-state index in [9.17, 15) is 0 Å². The zero-order valence-electron chi connectivity index (χ0n) is 5.90. The normalized spacial score (nSPS) is 29.6. The maximum absolute atomic E-state index is 2.32. The van der Waals surface area contributed by atoms with Crippen LogP contribution in [0.4, 0.5) is 0 Å². The molecule has 0 radical (unpaired) electrons. The molecule has 8 heavy (non-hydrogen) atoms. The minimum atomic E-state index is 0.558. The molecule has 0 aliphatic carbocycles. The van der Waals surface area contributed by atoms with Crippen molar-refractivity contribution in [2.75, 3.05) is 5.75 Å². The van der Waals surface area contributed by atoms with E-state index < -0.39 is 0 Å². The Morgan fingerprint density at radius 3 is 1.88 bits per heavy atom. The zero-order valence-corrected chi connectivity index (χ0v) is 6.72. The van der Waals surface area contributed by atoms with Crippen molar-refractivity contribution in [1.29, 1.82) is 0 Å². The first-order chi connectivity index (χ1) is 3.61. The number of hydrogen-bond donors (Lipinski definition) is 0. The summed E-state index contributed by atoms with van der Waals surface area (Å²) in [6.45, 7) is 6.97. The average Bonchev–Trinajstić information content (AvgIpc) is 1.16. The van der Waals surface area contributed by atoms with Crippen LogP contribution in [-0.4, -0.2) is 11.0 Å². The van der Waals surface area contributed by atoms with Crippen molar-refractivity contribution in [1.82, 2.24) is 0 Å². The van der Waals surface area contributed by atoms with E-state index in [4.69, 9.17) is 0 Å². The Bertz CT molecular complexity index is 76.9. The summed E-state index contributed by atoms with van der Waals surface area (Å²) in [5, 5.41) is 0.947. The molecule has 0 saturated carbocycles. The topological polar surface area (TPSA) is 0 Å². The van der Waals surface area contributed by atoms with Crippen LogP contribution in [0, 0.1) is 5.41 Å². The SMILES string of the molecule is CC(C)(C)C1CCS1. The summed E-state index contributed by atoms with van der Waals surface area (Å²) in [7, 11) is 0. The van der Waals surface area contributed by atoms with Crippen LogP contribution >= 0.6 is 11.8 Å². The van der Waals surface area contributed by atoms with Crippen LogP contribution in [0.3, 0.4) is 0 Å². The molecule has 0 aromatic rings. The summed E-state index contributed by atoms with van der Waals surface area (Å²) in [5.74, 6) is 1.39. The van der Waals surface area contributed by atoms with Crippen LogP contribution in [-0.2, 0) is 0 Å². The number of rotatable bonds is 0. The van der Waals surface area contributed by atoms with E-state index in [1.165, 1.54) is 12.2 Å². The van der Waals surface area contributed by atoms with E-state index in [0.29, 0.717) is 5.41 Å². The lowest BCUT2D eigenvalue weighted by molar-refractivity contribution is 0.376. The Labute approximate surface area is 56.0 Å². The van der Waals surface area contributed by atoms with E-state index in [-0.39, 0.29) is 0 Å². The molecular weight excluding hydrogens is 116 g/mol. The summed E-state index contributed by atoms with van der Waals surface area (Å²) in [6.07, 6.45) is 1.44. The van der Waals surface area contributed by atoms with Crippen LogP contribution in [0.1, 0.15) is 27.2 Å². The Balaban J connectivity index is 2.34. The second-order valence-electron chi connectivity index (χ2n) is 3.51. The highest BCUT2D eigenvalue weighted by molar-refractivity contribution is 8.01. The van der Waals surface area contributed by atoms with Crippen molar-refractivity contribution in [3.63, 3.8) is 0 Å². The molecule has 0 bridgehead atoms. The first-order valence-electron chi connectivity index (χ1n) is 3.22. The number of hydrogen-bond acceptors (Lipinski definition) is 1. The minimum absolute atomic E-state index is 0.558. The molecule has 1 aliphatic heterocycles. The van der Waals surface area contributed by atoms with Gasteiger partial charge in [-0.25, -0.2) is 0 Å². The molecule has 0 amide bonds. The highest BCUT2D eigenvalue weighted by atomic mass is 32.2. The second-order valence-corrected chi connectivity index (χ2v) is 4.82. The lowest BCUT2D eigenvalue weighted by Gasteiger charge is -2.36. The largest absolute Gasteiger partial charge is 0.158 e. The molecule has 0 N–H and O–H groups in total. The van der Waals surface area contributed by atoms with Gasteiger partial charge < -0.3 is 0 Å². The minimum Gasteiger partial charge on any atom is -0.158 e. The zero-order chi connectivity index (χ0) is 6.20. The van der Waals surface area contributed by atoms with Crippen molar-refractivity contribution in [3.05, 3.63) is 0 Å². The van der Waals surface area contributed by atoms with Gasteiger partial charge in [-0.05, 0) is 17.6 Å². The summed E-state index contributed by atoms with van der Waals surface area (Å²) in [4.78, 5) is 0. The van der Waals surface area contributed by atoms with Crippen molar-refractivity contribution in [2.24, 2.45) is 5.41 Å².